The fraction of sp³-hybridized carbons (Fsp3) is 0.222. The number of aliphatic hydroxyl groups is 1. The number of carbonyl (C=O) groups is 1. The van der Waals surface area contributed by atoms with Crippen LogP contribution in [0.3, 0.4) is 0 Å². The first-order valence-electron chi connectivity index (χ1n) is 3.84. The van der Waals surface area contributed by atoms with Gasteiger partial charge in [0.2, 0.25) is 0 Å². The Bertz CT molecular complexity index is 291. The molecule has 1 aromatic rings. The number of hydrogen-bond acceptors (Lipinski definition) is 3. The van der Waals surface area contributed by atoms with Gasteiger partial charge in [-0.1, -0.05) is 30.3 Å². The van der Waals surface area contributed by atoms with Gasteiger partial charge in [0.05, 0.1) is 6.04 Å². The number of aliphatic carboxylic acids is 1. The summed E-state index contributed by atoms with van der Waals surface area (Å²) in [5.74, 6) is -1.31. The smallest absolute Gasteiger partial charge is 0.334 e. The van der Waals surface area contributed by atoms with E-state index in [4.69, 9.17) is 15.9 Å². The Labute approximate surface area is 104 Å². The molecule has 1 radical (unpaired) electrons. The SMILES string of the molecule is NC(c1ccccc1)C(O)C(=O)O.[Na]. The molecular formula is C9H11NNaO3. The van der Waals surface area contributed by atoms with Gasteiger partial charge in [0, 0.05) is 29.6 Å². The molecule has 4 nitrogen and oxygen atoms in total. The molecule has 0 amide bonds. The molecule has 1 rings (SSSR count). The minimum absolute atomic E-state index is 0. The van der Waals surface area contributed by atoms with Crippen molar-refractivity contribution in [2.45, 2.75) is 12.1 Å². The van der Waals surface area contributed by atoms with Crippen molar-refractivity contribution in [1.82, 2.24) is 0 Å². The first-order chi connectivity index (χ1) is 6.13. The van der Waals surface area contributed by atoms with E-state index in [1.165, 1.54) is 0 Å². The molecule has 0 spiro atoms. The van der Waals surface area contributed by atoms with Gasteiger partial charge >= 0.3 is 5.97 Å². The maximum absolute atomic E-state index is 10.4. The quantitative estimate of drug-likeness (QED) is 0.593. The zero-order chi connectivity index (χ0) is 9.84. The van der Waals surface area contributed by atoms with E-state index in [2.05, 4.69) is 0 Å². The monoisotopic (exact) mass is 204 g/mol. The van der Waals surface area contributed by atoms with Crippen molar-refractivity contribution in [2.24, 2.45) is 5.73 Å². The molecule has 0 aliphatic heterocycles. The normalized spacial score (nSPS) is 13.9. The van der Waals surface area contributed by atoms with Crippen LogP contribution in [-0.2, 0) is 4.79 Å². The minimum atomic E-state index is -1.55. The summed E-state index contributed by atoms with van der Waals surface area (Å²) in [7, 11) is 0. The molecule has 2 unspecified atom stereocenters. The Morgan fingerprint density at radius 2 is 1.79 bits per heavy atom. The van der Waals surface area contributed by atoms with Gasteiger partial charge in [0.25, 0.3) is 0 Å². The zero-order valence-corrected chi connectivity index (χ0v) is 9.92. The Balaban J connectivity index is 0.00000169. The first kappa shape index (κ1) is 13.6. The Hall–Kier alpha value is -0.390. The van der Waals surface area contributed by atoms with E-state index in [0.717, 1.165) is 0 Å². The molecule has 0 heterocycles. The predicted octanol–water partition coefficient (Wildman–Crippen LogP) is -0.249. The summed E-state index contributed by atoms with van der Waals surface area (Å²) in [5.41, 5.74) is 6.12. The van der Waals surface area contributed by atoms with Gasteiger partial charge in [-0.05, 0) is 5.56 Å². The summed E-state index contributed by atoms with van der Waals surface area (Å²) < 4.78 is 0. The van der Waals surface area contributed by atoms with Crippen molar-refractivity contribution in [1.29, 1.82) is 0 Å². The predicted molar refractivity (Wildman–Crippen MR) is 52.8 cm³/mol. The summed E-state index contributed by atoms with van der Waals surface area (Å²) in [6, 6.07) is 7.75. The van der Waals surface area contributed by atoms with Crippen LogP contribution in [0.1, 0.15) is 11.6 Å². The van der Waals surface area contributed by atoms with Crippen LogP contribution in [0.25, 0.3) is 0 Å². The Morgan fingerprint density at radius 3 is 2.21 bits per heavy atom. The van der Waals surface area contributed by atoms with E-state index < -0.39 is 18.1 Å². The molecule has 0 saturated carbocycles. The molecule has 71 valence electrons. The average molecular weight is 204 g/mol. The molecule has 0 aliphatic rings. The number of nitrogens with two attached hydrogens (primary N) is 1. The van der Waals surface area contributed by atoms with E-state index >= 15 is 0 Å². The van der Waals surface area contributed by atoms with Crippen LogP contribution in [0.5, 0.6) is 0 Å². The van der Waals surface area contributed by atoms with Crippen molar-refractivity contribution in [2.75, 3.05) is 0 Å². The number of carboxylic acid groups (broad SMARTS) is 1. The van der Waals surface area contributed by atoms with Gasteiger partial charge in [-0.2, -0.15) is 0 Å². The standard InChI is InChI=1S/C9H11NO3.Na/c10-7(8(11)9(12)13)6-4-2-1-3-5-6;/h1-5,7-8,11H,10H2,(H,12,13);. The largest absolute Gasteiger partial charge is 0.479 e. The molecule has 0 aliphatic carbocycles. The molecule has 0 bridgehead atoms. The van der Waals surface area contributed by atoms with E-state index in [1.807, 2.05) is 0 Å². The molecule has 0 saturated heterocycles. The maximum Gasteiger partial charge on any atom is 0.334 e. The fourth-order valence-corrected chi connectivity index (χ4v) is 1.01. The van der Waals surface area contributed by atoms with Crippen LogP contribution in [0, 0.1) is 0 Å². The molecule has 5 heteroatoms. The fourth-order valence-electron chi connectivity index (χ4n) is 1.01. The van der Waals surface area contributed by atoms with Crippen molar-refractivity contribution >= 4 is 35.5 Å². The molecule has 0 fully saturated rings. The van der Waals surface area contributed by atoms with Gasteiger partial charge in [-0.3, -0.25) is 0 Å². The molecule has 14 heavy (non-hydrogen) atoms. The van der Waals surface area contributed by atoms with Gasteiger partial charge < -0.3 is 15.9 Å². The first-order valence-corrected chi connectivity index (χ1v) is 3.84. The van der Waals surface area contributed by atoms with Crippen LogP contribution in [0.4, 0.5) is 0 Å². The third-order valence-electron chi connectivity index (χ3n) is 1.78. The maximum atomic E-state index is 10.4. The number of hydrogen-bond donors (Lipinski definition) is 3. The second-order valence-corrected chi connectivity index (χ2v) is 2.72. The second kappa shape index (κ2) is 6.16. The summed E-state index contributed by atoms with van der Waals surface area (Å²) in [6.45, 7) is 0. The molecule has 2 atom stereocenters. The number of rotatable bonds is 3. The van der Waals surface area contributed by atoms with Crippen molar-refractivity contribution in [3.8, 4) is 0 Å². The molecule has 1 aromatic carbocycles. The summed E-state index contributed by atoms with van der Waals surface area (Å²) in [6.07, 6.45) is -1.55. The summed E-state index contributed by atoms with van der Waals surface area (Å²) in [5, 5.41) is 17.6. The van der Waals surface area contributed by atoms with Crippen LogP contribution < -0.4 is 5.73 Å². The Kier molecular flexibility index (Phi) is 5.99. The van der Waals surface area contributed by atoms with E-state index in [-0.39, 0.29) is 29.6 Å². The molecule has 4 N–H and O–H groups in total. The van der Waals surface area contributed by atoms with E-state index in [0.29, 0.717) is 5.56 Å². The third kappa shape index (κ3) is 3.40. The average Bonchev–Trinajstić information content (AvgIpc) is 2.17. The van der Waals surface area contributed by atoms with E-state index in [1.54, 1.807) is 30.3 Å². The van der Waals surface area contributed by atoms with E-state index in [9.17, 15) is 4.79 Å². The summed E-state index contributed by atoms with van der Waals surface area (Å²) in [4.78, 5) is 10.4. The topological polar surface area (TPSA) is 83.5 Å². The summed E-state index contributed by atoms with van der Waals surface area (Å²) >= 11 is 0. The second-order valence-electron chi connectivity index (χ2n) is 2.72. The van der Waals surface area contributed by atoms with Crippen LogP contribution in [0.2, 0.25) is 0 Å². The van der Waals surface area contributed by atoms with Crippen molar-refractivity contribution in [3.63, 3.8) is 0 Å². The van der Waals surface area contributed by atoms with Gasteiger partial charge in [-0.25, -0.2) is 4.79 Å². The number of aliphatic hydroxyl groups excluding tert-OH is 1. The minimum Gasteiger partial charge on any atom is -0.479 e. The van der Waals surface area contributed by atoms with Crippen LogP contribution >= 0.6 is 0 Å². The molecule has 0 aromatic heterocycles. The van der Waals surface area contributed by atoms with Gasteiger partial charge in [0.1, 0.15) is 0 Å². The van der Waals surface area contributed by atoms with Crippen molar-refractivity contribution < 1.29 is 15.0 Å². The van der Waals surface area contributed by atoms with Gasteiger partial charge in [0.15, 0.2) is 6.10 Å². The van der Waals surface area contributed by atoms with Crippen molar-refractivity contribution in [3.05, 3.63) is 35.9 Å². The molecular weight excluding hydrogens is 193 g/mol. The van der Waals surface area contributed by atoms with Crippen LogP contribution in [-0.4, -0.2) is 51.8 Å². The third-order valence-corrected chi connectivity index (χ3v) is 1.78. The van der Waals surface area contributed by atoms with Gasteiger partial charge in [-0.15, -0.1) is 0 Å². The van der Waals surface area contributed by atoms with Crippen LogP contribution in [0.15, 0.2) is 30.3 Å². The Morgan fingerprint density at radius 1 is 1.29 bits per heavy atom. The zero-order valence-electron chi connectivity index (χ0n) is 7.92. The number of benzene rings is 1. The number of carboxylic acids is 1.